The van der Waals surface area contributed by atoms with Crippen molar-refractivity contribution >= 4 is 11.8 Å². The first kappa shape index (κ1) is 37.2. The molecule has 1 saturated heterocycles. The lowest BCUT2D eigenvalue weighted by atomic mass is 9.80. The number of carbonyl (C=O) groups excluding carboxylic acids is 2. The van der Waals surface area contributed by atoms with Gasteiger partial charge in [-0.05, 0) is 38.0 Å². The van der Waals surface area contributed by atoms with E-state index in [0.717, 1.165) is 17.7 Å². The number of likely N-dealkylation sites (tertiary alicyclic amines) is 1. The lowest BCUT2D eigenvalue weighted by molar-refractivity contribution is -0.135. The minimum absolute atomic E-state index is 0.0501. The fourth-order valence-corrected chi connectivity index (χ4v) is 5.50. The lowest BCUT2D eigenvalue weighted by Crippen LogP contribution is -2.62. The van der Waals surface area contributed by atoms with Crippen LogP contribution in [0.25, 0.3) is 0 Å². The Balaban J connectivity index is 2.00. The van der Waals surface area contributed by atoms with Crippen molar-refractivity contribution in [3.63, 3.8) is 0 Å². The van der Waals surface area contributed by atoms with Crippen LogP contribution < -0.4 is 10.1 Å². The summed E-state index contributed by atoms with van der Waals surface area (Å²) in [5.41, 5.74) is 0.295. The van der Waals surface area contributed by atoms with Crippen LogP contribution in [0.5, 0.6) is 5.75 Å². The van der Waals surface area contributed by atoms with Crippen LogP contribution in [0.2, 0.25) is 0 Å². The molecule has 1 aromatic carbocycles. The van der Waals surface area contributed by atoms with Crippen LogP contribution in [0.3, 0.4) is 0 Å². The number of nitrogens with zero attached hydrogens (tertiary/aromatic N) is 1. The summed E-state index contributed by atoms with van der Waals surface area (Å²) in [6, 6.07) is 6.98. The van der Waals surface area contributed by atoms with E-state index in [1.807, 2.05) is 49.1 Å². The molecule has 1 unspecified atom stereocenters. The Morgan fingerprint density at radius 2 is 1.68 bits per heavy atom. The molecule has 1 aromatic rings. The van der Waals surface area contributed by atoms with Gasteiger partial charge in [-0.1, -0.05) is 43.5 Å². The average Bonchev–Trinajstić information content (AvgIpc) is 3.32. The molecule has 2 rings (SSSR count). The molecule has 0 radical (unpaired) electrons. The van der Waals surface area contributed by atoms with Gasteiger partial charge in [0, 0.05) is 32.4 Å². The van der Waals surface area contributed by atoms with Crippen LogP contribution in [0.1, 0.15) is 52.0 Å². The summed E-state index contributed by atoms with van der Waals surface area (Å²) in [6.07, 6.45) is 11.3. The van der Waals surface area contributed by atoms with E-state index in [0.29, 0.717) is 59.0 Å². The number of methoxy groups -OCH3 is 2. The molecule has 1 N–H and O–H groups in total. The molecule has 1 fully saturated rings. The molecule has 10 heteroatoms. The summed E-state index contributed by atoms with van der Waals surface area (Å²) >= 11 is 0. The number of benzene rings is 1. The highest BCUT2D eigenvalue weighted by Crippen LogP contribution is 2.37. The molecular weight excluding hydrogens is 564 g/mol. The van der Waals surface area contributed by atoms with Gasteiger partial charge in [0.05, 0.1) is 71.0 Å². The number of terminal acetylenes is 1. The largest absolute Gasteiger partial charge is 0.497 e. The molecule has 44 heavy (non-hydrogen) atoms. The van der Waals surface area contributed by atoms with Gasteiger partial charge in [0.25, 0.3) is 0 Å². The maximum Gasteiger partial charge on any atom is 0.223 e. The first-order chi connectivity index (χ1) is 21.3. The number of nitrogens with one attached hydrogen (secondary N) is 1. The van der Waals surface area contributed by atoms with E-state index in [4.69, 9.17) is 34.8 Å². The molecule has 1 aliphatic heterocycles. The van der Waals surface area contributed by atoms with E-state index in [1.165, 1.54) is 0 Å². The number of ether oxygens (including phenoxy) is 6. The SMILES string of the molecule is C#CCOCCOCCOCCOCCC(=O)N[C@H]([C@H]1[C@H](/C=C\C)CC(=O)N1Cc1ccc(OC)cc1)C(C)(CCC)OC. The fraction of sp³-hybridized carbons (Fsp3) is 0.647. The third-order valence-corrected chi connectivity index (χ3v) is 7.78. The number of rotatable bonds is 23. The zero-order valence-electron chi connectivity index (χ0n) is 27.2. The average molecular weight is 617 g/mol. The van der Waals surface area contributed by atoms with Gasteiger partial charge in [-0.25, -0.2) is 0 Å². The quantitative estimate of drug-likeness (QED) is 0.113. The van der Waals surface area contributed by atoms with Crippen molar-refractivity contribution in [1.82, 2.24) is 10.2 Å². The van der Waals surface area contributed by atoms with Crippen molar-refractivity contribution in [2.24, 2.45) is 5.92 Å². The first-order valence-corrected chi connectivity index (χ1v) is 15.5. The van der Waals surface area contributed by atoms with Crippen LogP contribution in [0.4, 0.5) is 0 Å². The number of allylic oxidation sites excluding steroid dienone is 1. The van der Waals surface area contributed by atoms with E-state index in [-0.39, 0.29) is 43.4 Å². The number of carbonyl (C=O) groups is 2. The van der Waals surface area contributed by atoms with Crippen molar-refractivity contribution in [3.05, 3.63) is 42.0 Å². The van der Waals surface area contributed by atoms with Gasteiger partial charge in [-0.15, -0.1) is 6.42 Å². The van der Waals surface area contributed by atoms with Crippen molar-refractivity contribution in [3.8, 4) is 18.1 Å². The van der Waals surface area contributed by atoms with Crippen LogP contribution >= 0.6 is 0 Å². The summed E-state index contributed by atoms with van der Waals surface area (Å²) in [6.45, 7) is 9.58. The second kappa shape index (κ2) is 20.9. The number of amides is 2. The van der Waals surface area contributed by atoms with Crippen LogP contribution in [-0.2, 0) is 39.8 Å². The fourth-order valence-electron chi connectivity index (χ4n) is 5.50. The normalized spacial score (nSPS) is 18.7. The van der Waals surface area contributed by atoms with Gasteiger partial charge in [-0.3, -0.25) is 9.59 Å². The standard InChI is InChI=1S/C34H52N2O8/c1-7-10-28-25-31(38)36(26-27-11-13-29(39-5)14-12-27)32(28)33(34(4,40-6)16-8-2)35-30(37)15-18-42-20-22-44-24-23-43-21-19-41-17-9-3/h3,7,10-14,28,32-33H,8,15-26H2,1-2,4-6H3,(H,35,37)/b10-7-/t28-,32-,33-,34?/m1/s1. The highest BCUT2D eigenvalue weighted by molar-refractivity contribution is 5.81. The van der Waals surface area contributed by atoms with Gasteiger partial charge in [0.2, 0.25) is 11.8 Å². The third-order valence-electron chi connectivity index (χ3n) is 7.78. The van der Waals surface area contributed by atoms with Crippen molar-refractivity contribution in [2.75, 3.05) is 67.1 Å². The van der Waals surface area contributed by atoms with Crippen LogP contribution in [-0.4, -0.2) is 101 Å². The summed E-state index contributed by atoms with van der Waals surface area (Å²) in [4.78, 5) is 28.6. The second-order valence-corrected chi connectivity index (χ2v) is 10.9. The maximum absolute atomic E-state index is 13.4. The molecule has 0 spiro atoms. The Kier molecular flexibility index (Phi) is 17.7. The highest BCUT2D eigenvalue weighted by Gasteiger charge is 2.50. The van der Waals surface area contributed by atoms with E-state index >= 15 is 0 Å². The Morgan fingerprint density at radius 1 is 1.07 bits per heavy atom. The van der Waals surface area contributed by atoms with Gasteiger partial charge in [0.15, 0.2) is 0 Å². The number of hydrogen-bond donors (Lipinski definition) is 1. The molecule has 1 aliphatic rings. The smallest absolute Gasteiger partial charge is 0.223 e. The zero-order chi connectivity index (χ0) is 32.2. The highest BCUT2D eigenvalue weighted by atomic mass is 16.6. The summed E-state index contributed by atoms with van der Waals surface area (Å²) in [5, 5.41) is 3.26. The van der Waals surface area contributed by atoms with E-state index in [1.54, 1.807) is 14.2 Å². The van der Waals surface area contributed by atoms with Crippen molar-refractivity contribution < 1.29 is 38.0 Å². The minimum Gasteiger partial charge on any atom is -0.497 e. The molecule has 0 saturated carbocycles. The molecular formula is C34H52N2O8. The van der Waals surface area contributed by atoms with Crippen molar-refractivity contribution in [2.45, 2.75) is 70.7 Å². The summed E-state index contributed by atoms with van der Waals surface area (Å²) in [5.74, 6) is 2.98. The van der Waals surface area contributed by atoms with Crippen LogP contribution in [0, 0.1) is 18.3 Å². The molecule has 1 heterocycles. The molecule has 0 aliphatic carbocycles. The van der Waals surface area contributed by atoms with Crippen molar-refractivity contribution in [1.29, 1.82) is 0 Å². The Hall–Kier alpha value is -2.94. The molecule has 4 atom stereocenters. The molecule has 2 amide bonds. The van der Waals surface area contributed by atoms with E-state index in [2.05, 4.69) is 24.2 Å². The van der Waals surface area contributed by atoms with Gasteiger partial charge < -0.3 is 38.6 Å². The second-order valence-electron chi connectivity index (χ2n) is 10.9. The summed E-state index contributed by atoms with van der Waals surface area (Å²) in [7, 11) is 3.30. The molecule has 0 bridgehead atoms. The third kappa shape index (κ3) is 12.2. The maximum atomic E-state index is 13.4. The Morgan fingerprint density at radius 3 is 2.23 bits per heavy atom. The van der Waals surface area contributed by atoms with Gasteiger partial charge >= 0.3 is 0 Å². The Bertz CT molecular complexity index is 1040. The van der Waals surface area contributed by atoms with E-state index in [9.17, 15) is 9.59 Å². The molecule has 246 valence electrons. The summed E-state index contributed by atoms with van der Waals surface area (Å²) < 4.78 is 33.1. The predicted molar refractivity (Wildman–Crippen MR) is 169 cm³/mol. The first-order valence-electron chi connectivity index (χ1n) is 15.5. The Labute approximate surface area is 263 Å². The molecule has 10 nitrogen and oxygen atoms in total. The van der Waals surface area contributed by atoms with Gasteiger partial charge in [-0.2, -0.15) is 0 Å². The lowest BCUT2D eigenvalue weighted by Gasteiger charge is -2.44. The topological polar surface area (TPSA) is 105 Å². The van der Waals surface area contributed by atoms with Gasteiger partial charge in [0.1, 0.15) is 12.4 Å². The monoisotopic (exact) mass is 616 g/mol. The molecule has 0 aromatic heterocycles. The van der Waals surface area contributed by atoms with Crippen LogP contribution in [0.15, 0.2) is 36.4 Å². The zero-order valence-corrected chi connectivity index (χ0v) is 27.2. The predicted octanol–water partition coefficient (Wildman–Crippen LogP) is 3.77. The minimum atomic E-state index is -0.693. The van der Waals surface area contributed by atoms with E-state index < -0.39 is 11.6 Å². The number of hydrogen-bond acceptors (Lipinski definition) is 8.